The van der Waals surface area contributed by atoms with Gasteiger partial charge in [-0.1, -0.05) is 159 Å². The molecule has 9 aromatic rings. The van der Waals surface area contributed by atoms with Gasteiger partial charge in [0.1, 0.15) is 11.2 Å². The molecule has 1 spiro atoms. The first-order chi connectivity index (χ1) is 26.0. The van der Waals surface area contributed by atoms with Crippen LogP contribution in [0.2, 0.25) is 0 Å². The van der Waals surface area contributed by atoms with Crippen LogP contribution in [0.1, 0.15) is 47.2 Å². The molecule has 0 radical (unpaired) electrons. The van der Waals surface area contributed by atoms with Crippen molar-refractivity contribution >= 4 is 21.9 Å². The van der Waals surface area contributed by atoms with Gasteiger partial charge >= 0.3 is 0 Å². The Hall–Kier alpha value is -6.44. The number of benzene rings is 8. The third-order valence-electron chi connectivity index (χ3n) is 12.7. The van der Waals surface area contributed by atoms with Gasteiger partial charge in [-0.25, -0.2) is 0 Å². The first kappa shape index (κ1) is 29.2. The Bertz CT molecular complexity index is 2980. The maximum absolute atomic E-state index is 6.99. The molecule has 1 heterocycles. The largest absolute Gasteiger partial charge is 0.455 e. The lowest BCUT2D eigenvalue weighted by Crippen LogP contribution is -2.26. The molecule has 0 fully saturated rings. The summed E-state index contributed by atoms with van der Waals surface area (Å²) in [7, 11) is 0. The molecule has 3 aliphatic rings. The van der Waals surface area contributed by atoms with Crippen LogP contribution in [-0.4, -0.2) is 0 Å². The molecule has 0 saturated carbocycles. The minimum absolute atomic E-state index is 0.125. The molecule has 0 saturated heterocycles. The molecule has 0 bridgehead atoms. The number of hydrogen-bond acceptors (Lipinski definition) is 1. The van der Waals surface area contributed by atoms with E-state index in [4.69, 9.17) is 4.42 Å². The lowest BCUT2D eigenvalue weighted by atomic mass is 9.70. The molecule has 53 heavy (non-hydrogen) atoms. The van der Waals surface area contributed by atoms with Crippen molar-refractivity contribution < 1.29 is 4.42 Å². The first-order valence-electron chi connectivity index (χ1n) is 18.7. The third-order valence-corrected chi connectivity index (χ3v) is 12.7. The molecule has 1 nitrogen and oxygen atoms in total. The van der Waals surface area contributed by atoms with Crippen LogP contribution in [0.3, 0.4) is 0 Å². The minimum atomic E-state index is -0.504. The van der Waals surface area contributed by atoms with Gasteiger partial charge in [0.25, 0.3) is 0 Å². The molecule has 0 aliphatic heterocycles. The second kappa shape index (κ2) is 10.1. The van der Waals surface area contributed by atoms with Crippen molar-refractivity contribution in [2.75, 3.05) is 0 Å². The van der Waals surface area contributed by atoms with Crippen LogP contribution >= 0.6 is 0 Å². The number of hydrogen-bond donors (Lipinski definition) is 0. The molecule has 0 amide bonds. The number of para-hydroxylation sites is 1. The lowest BCUT2D eigenvalue weighted by Gasteiger charge is -2.31. The zero-order valence-electron chi connectivity index (χ0n) is 29.6. The summed E-state index contributed by atoms with van der Waals surface area (Å²) in [6, 6.07) is 63.3. The van der Waals surface area contributed by atoms with Gasteiger partial charge < -0.3 is 4.42 Å². The minimum Gasteiger partial charge on any atom is -0.455 e. The molecule has 1 heteroatoms. The fraction of sp³-hybridized carbons (Fsp3) is 0.0769. The van der Waals surface area contributed by atoms with Gasteiger partial charge in [-0.2, -0.15) is 0 Å². The van der Waals surface area contributed by atoms with E-state index in [1.807, 2.05) is 0 Å². The molecule has 8 aromatic carbocycles. The van der Waals surface area contributed by atoms with E-state index in [2.05, 4.69) is 184 Å². The van der Waals surface area contributed by atoms with Crippen LogP contribution in [0, 0.1) is 0 Å². The average molecular weight is 675 g/mol. The van der Waals surface area contributed by atoms with E-state index >= 15 is 0 Å². The van der Waals surface area contributed by atoms with Crippen molar-refractivity contribution in [2.24, 2.45) is 0 Å². The van der Waals surface area contributed by atoms with Crippen molar-refractivity contribution in [1.29, 1.82) is 0 Å². The normalized spacial score (nSPS) is 14.9. The molecule has 12 rings (SSSR count). The highest BCUT2D eigenvalue weighted by Crippen LogP contribution is 2.66. The van der Waals surface area contributed by atoms with Gasteiger partial charge in [0, 0.05) is 21.8 Å². The topological polar surface area (TPSA) is 13.1 Å². The summed E-state index contributed by atoms with van der Waals surface area (Å²) >= 11 is 0. The molecule has 0 N–H and O–H groups in total. The fourth-order valence-corrected chi connectivity index (χ4v) is 10.4. The second-order valence-corrected chi connectivity index (χ2v) is 15.5. The standard InChI is InChI=1S/C52H34O/c1-51(2)41-20-10-6-16-34(41)37-26-25-33(29-44(37)51)48-49-39-27-24-32(31-14-4-3-5-15-31)28-45(39)52(42-21-11-7-17-35(42)36-18-8-12-22-43(36)52)46(49)30-40-38-19-9-13-23-47(38)53-50(40)48/h3-30H,1-2H3. The van der Waals surface area contributed by atoms with Crippen LogP contribution < -0.4 is 0 Å². The van der Waals surface area contributed by atoms with Crippen LogP contribution in [0.4, 0.5) is 0 Å². The summed E-state index contributed by atoms with van der Waals surface area (Å²) < 4.78 is 6.99. The van der Waals surface area contributed by atoms with Gasteiger partial charge in [0.05, 0.1) is 5.41 Å². The molecule has 3 aliphatic carbocycles. The van der Waals surface area contributed by atoms with E-state index in [-0.39, 0.29) is 5.41 Å². The molecular weight excluding hydrogens is 641 g/mol. The van der Waals surface area contributed by atoms with Crippen LogP contribution in [0.5, 0.6) is 0 Å². The SMILES string of the molecule is CC1(C)c2ccccc2-c2ccc(-c3c4c(cc5c3oc3ccccc35)C3(c5ccccc5-c5ccccc53)c3cc(-c5ccccc5)ccc3-4)cc21. The number of furan rings is 1. The Labute approximate surface area is 308 Å². The Kier molecular flexibility index (Phi) is 5.57. The van der Waals surface area contributed by atoms with Gasteiger partial charge in [0.2, 0.25) is 0 Å². The third kappa shape index (κ3) is 3.57. The van der Waals surface area contributed by atoms with Crippen molar-refractivity contribution in [2.45, 2.75) is 24.7 Å². The Morgan fingerprint density at radius 1 is 0.358 bits per heavy atom. The molecular formula is C52H34O. The van der Waals surface area contributed by atoms with Gasteiger partial charge in [-0.15, -0.1) is 0 Å². The summed E-state index contributed by atoms with van der Waals surface area (Å²) in [5.41, 5.74) is 22.0. The monoisotopic (exact) mass is 674 g/mol. The van der Waals surface area contributed by atoms with Gasteiger partial charge in [-0.3, -0.25) is 0 Å². The Morgan fingerprint density at radius 2 is 0.925 bits per heavy atom. The maximum atomic E-state index is 6.99. The summed E-state index contributed by atoms with van der Waals surface area (Å²) in [6.45, 7) is 4.74. The number of fused-ring (bicyclic) bond motifs is 16. The molecule has 1 aromatic heterocycles. The molecule has 0 unspecified atom stereocenters. The predicted molar refractivity (Wildman–Crippen MR) is 218 cm³/mol. The van der Waals surface area contributed by atoms with E-state index in [0.29, 0.717) is 0 Å². The quantitative estimate of drug-likeness (QED) is 0.178. The van der Waals surface area contributed by atoms with Gasteiger partial charge in [0.15, 0.2) is 0 Å². The predicted octanol–water partition coefficient (Wildman–Crippen LogP) is 13.6. The highest BCUT2D eigenvalue weighted by atomic mass is 16.3. The smallest absolute Gasteiger partial charge is 0.143 e. The van der Waals surface area contributed by atoms with Crippen molar-refractivity contribution in [3.05, 3.63) is 203 Å². The summed E-state index contributed by atoms with van der Waals surface area (Å²) in [6.07, 6.45) is 0. The van der Waals surface area contributed by atoms with E-state index in [1.165, 1.54) is 89.0 Å². The van der Waals surface area contributed by atoms with Crippen molar-refractivity contribution in [3.8, 4) is 55.6 Å². The zero-order valence-corrected chi connectivity index (χ0v) is 29.6. The van der Waals surface area contributed by atoms with E-state index < -0.39 is 5.41 Å². The van der Waals surface area contributed by atoms with Crippen molar-refractivity contribution in [1.82, 2.24) is 0 Å². The number of rotatable bonds is 2. The van der Waals surface area contributed by atoms with Crippen molar-refractivity contribution in [3.63, 3.8) is 0 Å². The summed E-state index contributed by atoms with van der Waals surface area (Å²) in [4.78, 5) is 0. The Morgan fingerprint density at radius 3 is 1.68 bits per heavy atom. The molecule has 248 valence electrons. The summed E-state index contributed by atoms with van der Waals surface area (Å²) in [5.74, 6) is 0. The van der Waals surface area contributed by atoms with Crippen LogP contribution in [-0.2, 0) is 10.8 Å². The fourth-order valence-electron chi connectivity index (χ4n) is 10.4. The highest BCUT2D eigenvalue weighted by Gasteiger charge is 2.53. The van der Waals surface area contributed by atoms with Crippen LogP contribution in [0.25, 0.3) is 77.6 Å². The van der Waals surface area contributed by atoms with E-state index in [1.54, 1.807) is 0 Å². The maximum Gasteiger partial charge on any atom is 0.143 e. The zero-order chi connectivity index (χ0) is 35.1. The highest BCUT2D eigenvalue weighted by molar-refractivity contribution is 6.16. The lowest BCUT2D eigenvalue weighted by molar-refractivity contribution is 0.660. The molecule has 0 atom stereocenters. The van der Waals surface area contributed by atoms with E-state index in [0.717, 1.165) is 21.9 Å². The first-order valence-corrected chi connectivity index (χ1v) is 18.7. The second-order valence-electron chi connectivity index (χ2n) is 15.5. The average Bonchev–Trinajstić information content (AvgIpc) is 3.89. The van der Waals surface area contributed by atoms with Crippen LogP contribution in [0.15, 0.2) is 174 Å². The van der Waals surface area contributed by atoms with Gasteiger partial charge in [-0.05, 0) is 108 Å². The Balaban J connectivity index is 1.26. The summed E-state index contributed by atoms with van der Waals surface area (Å²) in [5, 5.41) is 2.31. The van der Waals surface area contributed by atoms with E-state index in [9.17, 15) is 0 Å².